The third-order valence-corrected chi connectivity index (χ3v) is 3.23. The van der Waals surface area contributed by atoms with Gasteiger partial charge in [-0.05, 0) is 24.7 Å². The zero-order valence-corrected chi connectivity index (χ0v) is 9.71. The molecular formula is C11H22N2O2. The highest BCUT2D eigenvalue weighted by molar-refractivity contribution is 5.79. The number of carbonyl (C=O) groups excluding carboxylic acids is 1. The number of nitrogens with two attached hydrogens (primary N) is 1. The lowest BCUT2D eigenvalue weighted by Crippen LogP contribution is -2.46. The Bertz CT molecular complexity index is 213. The fourth-order valence-electron chi connectivity index (χ4n) is 1.86. The van der Waals surface area contributed by atoms with Gasteiger partial charge < -0.3 is 15.8 Å². The van der Waals surface area contributed by atoms with E-state index in [1.807, 2.05) is 6.92 Å². The Morgan fingerprint density at radius 1 is 1.53 bits per heavy atom. The molecule has 15 heavy (non-hydrogen) atoms. The fourth-order valence-corrected chi connectivity index (χ4v) is 1.86. The van der Waals surface area contributed by atoms with Gasteiger partial charge in [-0.3, -0.25) is 4.79 Å². The average molecular weight is 214 g/mol. The molecular weight excluding hydrogens is 192 g/mol. The number of amides is 1. The fraction of sp³-hybridized carbons (Fsp3) is 0.909. The summed E-state index contributed by atoms with van der Waals surface area (Å²) < 4.78 is 5.33. The van der Waals surface area contributed by atoms with Crippen molar-refractivity contribution in [3.63, 3.8) is 0 Å². The molecule has 1 unspecified atom stereocenters. The number of nitrogens with one attached hydrogen (secondary N) is 1. The molecule has 4 heteroatoms. The Hall–Kier alpha value is -0.610. The van der Waals surface area contributed by atoms with Gasteiger partial charge in [0.05, 0.1) is 6.04 Å². The van der Waals surface area contributed by atoms with Crippen molar-refractivity contribution in [2.45, 2.75) is 39.2 Å². The molecule has 0 aromatic rings. The summed E-state index contributed by atoms with van der Waals surface area (Å²) in [7, 11) is 0. The van der Waals surface area contributed by atoms with Crippen molar-refractivity contribution in [1.29, 1.82) is 0 Å². The van der Waals surface area contributed by atoms with Crippen LogP contribution in [0, 0.1) is 5.41 Å². The summed E-state index contributed by atoms with van der Waals surface area (Å²) in [4.78, 5) is 11.0. The summed E-state index contributed by atoms with van der Waals surface area (Å²) in [5.41, 5.74) is 5.53. The first-order valence-electron chi connectivity index (χ1n) is 5.68. The van der Waals surface area contributed by atoms with Gasteiger partial charge in [0.1, 0.15) is 0 Å². The minimum atomic E-state index is -0.256. The molecule has 4 nitrogen and oxygen atoms in total. The summed E-state index contributed by atoms with van der Waals surface area (Å²) in [5.74, 6) is -0.256. The molecule has 0 bridgehead atoms. The molecule has 1 aliphatic rings. The standard InChI is InChI=1S/C11H22N2O2/c1-3-9(10(12)14)13-8-11(2)4-6-15-7-5-11/h9,13H,3-8H2,1-2H3,(H2,12,14). The van der Waals surface area contributed by atoms with Crippen LogP contribution in [0.1, 0.15) is 33.1 Å². The summed E-state index contributed by atoms with van der Waals surface area (Å²) in [5, 5.41) is 3.25. The normalized spacial score (nSPS) is 22.3. The number of carbonyl (C=O) groups is 1. The number of primary amides is 1. The Morgan fingerprint density at radius 3 is 2.60 bits per heavy atom. The van der Waals surface area contributed by atoms with Gasteiger partial charge >= 0.3 is 0 Å². The summed E-state index contributed by atoms with van der Waals surface area (Å²) in [6, 6.07) is -0.190. The number of hydrogen-bond donors (Lipinski definition) is 2. The lowest BCUT2D eigenvalue weighted by molar-refractivity contribution is -0.120. The molecule has 88 valence electrons. The van der Waals surface area contributed by atoms with Crippen molar-refractivity contribution in [3.8, 4) is 0 Å². The first kappa shape index (κ1) is 12.5. The van der Waals surface area contributed by atoms with Crippen molar-refractivity contribution in [1.82, 2.24) is 5.32 Å². The zero-order valence-electron chi connectivity index (χ0n) is 9.71. The molecule has 1 aliphatic heterocycles. The quantitative estimate of drug-likeness (QED) is 0.706. The van der Waals surface area contributed by atoms with Crippen LogP contribution in [0.3, 0.4) is 0 Å². The van der Waals surface area contributed by atoms with Gasteiger partial charge in [-0.2, -0.15) is 0 Å². The van der Waals surface area contributed by atoms with Crippen LogP contribution in [0.15, 0.2) is 0 Å². The zero-order chi connectivity index (χ0) is 11.3. The topological polar surface area (TPSA) is 64.3 Å². The van der Waals surface area contributed by atoms with E-state index in [1.165, 1.54) is 0 Å². The van der Waals surface area contributed by atoms with E-state index in [2.05, 4.69) is 12.2 Å². The maximum absolute atomic E-state index is 11.0. The van der Waals surface area contributed by atoms with Gasteiger partial charge in [0.25, 0.3) is 0 Å². The molecule has 0 aromatic heterocycles. The number of hydrogen-bond acceptors (Lipinski definition) is 3. The Morgan fingerprint density at radius 2 is 2.13 bits per heavy atom. The minimum Gasteiger partial charge on any atom is -0.381 e. The monoisotopic (exact) mass is 214 g/mol. The molecule has 1 atom stereocenters. The smallest absolute Gasteiger partial charge is 0.234 e. The van der Waals surface area contributed by atoms with Crippen LogP contribution in [0.4, 0.5) is 0 Å². The van der Waals surface area contributed by atoms with Crippen molar-refractivity contribution in [2.24, 2.45) is 11.1 Å². The highest BCUT2D eigenvalue weighted by Gasteiger charge is 2.28. The van der Waals surface area contributed by atoms with E-state index >= 15 is 0 Å². The van der Waals surface area contributed by atoms with Gasteiger partial charge in [0.2, 0.25) is 5.91 Å². The van der Waals surface area contributed by atoms with Crippen LogP contribution in [-0.2, 0) is 9.53 Å². The maximum Gasteiger partial charge on any atom is 0.234 e. The van der Waals surface area contributed by atoms with E-state index in [9.17, 15) is 4.79 Å². The Labute approximate surface area is 91.5 Å². The molecule has 1 amide bonds. The summed E-state index contributed by atoms with van der Waals surface area (Å²) >= 11 is 0. The third kappa shape index (κ3) is 3.80. The highest BCUT2D eigenvalue weighted by Crippen LogP contribution is 2.28. The van der Waals surface area contributed by atoms with E-state index in [0.29, 0.717) is 0 Å². The summed E-state index contributed by atoms with van der Waals surface area (Å²) in [6.45, 7) is 6.69. The van der Waals surface area contributed by atoms with E-state index < -0.39 is 0 Å². The molecule has 1 fully saturated rings. The Kier molecular flexibility index (Phi) is 4.54. The van der Waals surface area contributed by atoms with Crippen LogP contribution in [0.5, 0.6) is 0 Å². The van der Waals surface area contributed by atoms with E-state index in [0.717, 1.165) is 39.0 Å². The second-order valence-electron chi connectivity index (χ2n) is 4.67. The predicted molar refractivity (Wildman–Crippen MR) is 59.4 cm³/mol. The molecule has 0 aromatic carbocycles. The van der Waals surface area contributed by atoms with Gasteiger partial charge in [0.15, 0.2) is 0 Å². The average Bonchev–Trinajstić information content (AvgIpc) is 2.19. The first-order chi connectivity index (χ1) is 7.07. The van der Waals surface area contributed by atoms with Crippen LogP contribution in [0.2, 0.25) is 0 Å². The van der Waals surface area contributed by atoms with Crippen LogP contribution < -0.4 is 11.1 Å². The summed E-state index contributed by atoms with van der Waals surface area (Å²) in [6.07, 6.45) is 2.85. The molecule has 3 N–H and O–H groups in total. The molecule has 1 rings (SSSR count). The molecule has 1 saturated heterocycles. The first-order valence-corrected chi connectivity index (χ1v) is 5.68. The third-order valence-electron chi connectivity index (χ3n) is 3.23. The molecule has 0 radical (unpaired) electrons. The number of ether oxygens (including phenoxy) is 1. The molecule has 1 heterocycles. The largest absolute Gasteiger partial charge is 0.381 e. The van der Waals surface area contributed by atoms with Crippen LogP contribution in [-0.4, -0.2) is 31.7 Å². The van der Waals surface area contributed by atoms with E-state index in [4.69, 9.17) is 10.5 Å². The van der Waals surface area contributed by atoms with Gasteiger partial charge in [-0.15, -0.1) is 0 Å². The lowest BCUT2D eigenvalue weighted by Gasteiger charge is -2.34. The molecule has 0 aliphatic carbocycles. The number of rotatable bonds is 5. The van der Waals surface area contributed by atoms with Crippen molar-refractivity contribution < 1.29 is 9.53 Å². The lowest BCUT2D eigenvalue weighted by atomic mass is 9.82. The SMILES string of the molecule is CCC(NCC1(C)CCOCC1)C(N)=O. The van der Waals surface area contributed by atoms with E-state index in [-0.39, 0.29) is 17.4 Å². The van der Waals surface area contributed by atoms with Gasteiger partial charge in [-0.25, -0.2) is 0 Å². The molecule has 0 spiro atoms. The van der Waals surface area contributed by atoms with Gasteiger partial charge in [0, 0.05) is 19.8 Å². The minimum absolute atomic E-state index is 0.190. The maximum atomic E-state index is 11.0. The molecule has 0 saturated carbocycles. The highest BCUT2D eigenvalue weighted by atomic mass is 16.5. The predicted octanol–water partition coefficient (Wildman–Crippen LogP) is 0.657. The van der Waals surface area contributed by atoms with Crippen molar-refractivity contribution in [3.05, 3.63) is 0 Å². The van der Waals surface area contributed by atoms with Crippen LogP contribution in [0.25, 0.3) is 0 Å². The second kappa shape index (κ2) is 5.47. The van der Waals surface area contributed by atoms with Crippen molar-refractivity contribution in [2.75, 3.05) is 19.8 Å². The second-order valence-corrected chi connectivity index (χ2v) is 4.67. The van der Waals surface area contributed by atoms with Crippen molar-refractivity contribution >= 4 is 5.91 Å². The van der Waals surface area contributed by atoms with Gasteiger partial charge in [-0.1, -0.05) is 13.8 Å². The van der Waals surface area contributed by atoms with E-state index in [1.54, 1.807) is 0 Å². The Balaban J connectivity index is 2.36. The van der Waals surface area contributed by atoms with Crippen LogP contribution >= 0.6 is 0 Å².